The van der Waals surface area contributed by atoms with E-state index in [2.05, 4.69) is 41.1 Å². The molecule has 0 aliphatic carbocycles. The van der Waals surface area contributed by atoms with Gasteiger partial charge in [0.15, 0.2) is 0 Å². The number of rotatable bonds is 7. The van der Waals surface area contributed by atoms with Crippen molar-refractivity contribution in [2.75, 3.05) is 44.7 Å². The molecule has 2 aromatic carbocycles. The number of halogens is 1. The Morgan fingerprint density at radius 1 is 1.19 bits per heavy atom. The number of allylic oxidation sites excluding steroid dienone is 1. The molecule has 0 radical (unpaired) electrons. The first-order chi connectivity index (χ1) is 21.0. The van der Waals surface area contributed by atoms with Crippen LogP contribution in [0.5, 0.6) is 6.01 Å². The van der Waals surface area contributed by atoms with E-state index in [1.165, 1.54) is 0 Å². The van der Waals surface area contributed by atoms with Crippen LogP contribution in [0.25, 0.3) is 10.8 Å². The minimum absolute atomic E-state index is 0.0725. The minimum Gasteiger partial charge on any atom is -0.462 e. The summed E-state index contributed by atoms with van der Waals surface area (Å²) in [6.07, 6.45) is 6.11. The average molecular weight is 601 g/mol. The molecule has 10 heteroatoms. The monoisotopic (exact) mass is 600 g/mol. The third-order valence-corrected chi connectivity index (χ3v) is 9.18. The maximum Gasteiger partial charge on any atom is 0.318 e. The zero-order valence-electron chi connectivity index (χ0n) is 24.7. The molecule has 224 valence electrons. The van der Waals surface area contributed by atoms with Gasteiger partial charge in [0.1, 0.15) is 12.4 Å². The highest BCUT2D eigenvalue weighted by molar-refractivity contribution is 6.35. The third-order valence-electron chi connectivity index (χ3n) is 8.87. The normalized spacial score (nSPS) is 22.6. The molecule has 3 atom stereocenters. The molecule has 9 nitrogen and oxygen atoms in total. The van der Waals surface area contributed by atoms with Gasteiger partial charge >= 0.3 is 6.01 Å². The van der Waals surface area contributed by atoms with Gasteiger partial charge in [-0.2, -0.15) is 15.2 Å². The van der Waals surface area contributed by atoms with Crippen LogP contribution in [-0.4, -0.2) is 77.6 Å². The highest BCUT2D eigenvalue weighted by Crippen LogP contribution is 2.39. The van der Waals surface area contributed by atoms with Gasteiger partial charge in [-0.05, 0) is 56.4 Å². The lowest BCUT2D eigenvalue weighted by atomic mass is 9.94. The first kappa shape index (κ1) is 29.4. The van der Waals surface area contributed by atoms with E-state index in [-0.39, 0.29) is 24.5 Å². The van der Waals surface area contributed by atoms with Crippen molar-refractivity contribution in [3.63, 3.8) is 0 Å². The Balaban J connectivity index is 1.33. The maximum absolute atomic E-state index is 12.8. The van der Waals surface area contributed by atoms with Crippen LogP contribution < -0.4 is 9.64 Å². The fraction of sp³-hybridized carbons (Fsp3) is 0.455. The SMILES string of the molecule is C/C=C/C(=O)N1CCN(c2nc(OC[C@@H]3CCCN3C)nc3c2COC(c2cccc4cccc(Cl)c24)C3)C[C@@H]1CC#N. The van der Waals surface area contributed by atoms with Crippen LogP contribution in [0.1, 0.15) is 49.1 Å². The fourth-order valence-electron chi connectivity index (χ4n) is 6.56. The van der Waals surface area contributed by atoms with Crippen LogP contribution in [0.15, 0.2) is 48.6 Å². The molecule has 2 fully saturated rings. The number of benzene rings is 2. The van der Waals surface area contributed by atoms with E-state index >= 15 is 0 Å². The van der Waals surface area contributed by atoms with Crippen LogP contribution in [0, 0.1) is 11.3 Å². The summed E-state index contributed by atoms with van der Waals surface area (Å²) in [6.45, 7) is 5.32. The lowest BCUT2D eigenvalue weighted by Gasteiger charge is -2.42. The molecular formula is C33H37ClN6O3. The second-order valence-electron chi connectivity index (χ2n) is 11.5. The molecule has 0 spiro atoms. The number of ether oxygens (including phenoxy) is 2. The Morgan fingerprint density at radius 3 is 2.79 bits per heavy atom. The van der Waals surface area contributed by atoms with Crippen molar-refractivity contribution in [3.8, 4) is 12.1 Å². The second kappa shape index (κ2) is 12.9. The number of aromatic nitrogens is 2. The molecule has 6 rings (SSSR count). The van der Waals surface area contributed by atoms with E-state index in [0.717, 1.165) is 52.8 Å². The Bertz CT molecular complexity index is 1570. The van der Waals surface area contributed by atoms with Crippen LogP contribution in [0.4, 0.5) is 5.82 Å². The zero-order valence-corrected chi connectivity index (χ0v) is 25.5. The van der Waals surface area contributed by atoms with Crippen LogP contribution >= 0.6 is 11.6 Å². The summed E-state index contributed by atoms with van der Waals surface area (Å²) >= 11 is 6.68. The van der Waals surface area contributed by atoms with E-state index in [9.17, 15) is 10.1 Å². The summed E-state index contributed by atoms with van der Waals surface area (Å²) in [5.74, 6) is 0.687. The number of fused-ring (bicyclic) bond motifs is 2. The molecule has 1 aromatic heterocycles. The number of piperazine rings is 1. The Hall–Kier alpha value is -3.71. The molecule has 1 unspecified atom stereocenters. The summed E-state index contributed by atoms with van der Waals surface area (Å²) in [5, 5.41) is 12.3. The molecule has 4 heterocycles. The van der Waals surface area contributed by atoms with Crippen molar-refractivity contribution < 1.29 is 14.3 Å². The van der Waals surface area contributed by atoms with Gasteiger partial charge in [-0.1, -0.05) is 48.0 Å². The molecule has 3 aliphatic heterocycles. The Kier molecular flexibility index (Phi) is 8.80. The molecule has 43 heavy (non-hydrogen) atoms. The number of hydrogen-bond donors (Lipinski definition) is 0. The minimum atomic E-state index is -0.250. The number of hydrogen-bond acceptors (Lipinski definition) is 8. The van der Waals surface area contributed by atoms with Gasteiger partial charge < -0.3 is 24.2 Å². The van der Waals surface area contributed by atoms with Crippen molar-refractivity contribution in [2.24, 2.45) is 0 Å². The third kappa shape index (κ3) is 6.05. The van der Waals surface area contributed by atoms with E-state index < -0.39 is 0 Å². The Labute approximate surface area is 257 Å². The second-order valence-corrected chi connectivity index (χ2v) is 11.9. The van der Waals surface area contributed by atoms with Crippen molar-refractivity contribution in [2.45, 2.75) is 57.4 Å². The molecule has 0 saturated carbocycles. The number of likely N-dealkylation sites (tertiary alicyclic amines) is 1. The first-order valence-electron chi connectivity index (χ1n) is 15.0. The Morgan fingerprint density at radius 2 is 2.02 bits per heavy atom. The number of amides is 1. The molecular weight excluding hydrogens is 564 g/mol. The average Bonchev–Trinajstić information content (AvgIpc) is 3.43. The van der Waals surface area contributed by atoms with E-state index in [0.29, 0.717) is 56.3 Å². The molecule has 3 aromatic rings. The smallest absolute Gasteiger partial charge is 0.318 e. The van der Waals surface area contributed by atoms with Crippen LogP contribution in [0.2, 0.25) is 5.02 Å². The van der Waals surface area contributed by atoms with Gasteiger partial charge in [-0.15, -0.1) is 0 Å². The number of carbonyl (C=O) groups is 1. The lowest BCUT2D eigenvalue weighted by Crippen LogP contribution is -2.55. The number of nitriles is 1. The van der Waals surface area contributed by atoms with Gasteiger partial charge in [0.05, 0.1) is 36.9 Å². The predicted molar refractivity (Wildman–Crippen MR) is 166 cm³/mol. The molecule has 2 saturated heterocycles. The van der Waals surface area contributed by atoms with Gasteiger partial charge in [0.25, 0.3) is 0 Å². The summed E-state index contributed by atoms with van der Waals surface area (Å²) in [6, 6.07) is 14.8. The van der Waals surface area contributed by atoms with Gasteiger partial charge in [-0.25, -0.2) is 0 Å². The van der Waals surface area contributed by atoms with Gasteiger partial charge in [-0.3, -0.25) is 4.79 Å². The summed E-state index contributed by atoms with van der Waals surface area (Å²) in [5.41, 5.74) is 2.86. The predicted octanol–water partition coefficient (Wildman–Crippen LogP) is 5.08. The number of carbonyl (C=O) groups excluding carboxylic acids is 1. The summed E-state index contributed by atoms with van der Waals surface area (Å²) in [4.78, 5) is 28.9. The standard InChI is InChI=1S/C33H37ClN6O3/c1-3-7-30(41)40-17-16-39(19-23(40)13-14-35)32-26-21-42-29(25-11-4-8-22-9-5-12-27(34)31(22)25)18-28(26)36-33(37-32)43-20-24-10-6-15-38(24)2/h3-5,7-9,11-12,23-24,29H,6,10,13,15-21H2,1-2H3/b7-3+/t23-,24-,29?/m0/s1. The quantitative estimate of drug-likeness (QED) is 0.347. The van der Waals surface area contributed by atoms with Crippen molar-refractivity contribution in [3.05, 3.63) is 70.4 Å². The lowest BCUT2D eigenvalue weighted by molar-refractivity contribution is -0.128. The van der Waals surface area contributed by atoms with Gasteiger partial charge in [0.2, 0.25) is 5.91 Å². The maximum atomic E-state index is 12.8. The number of nitrogens with zero attached hydrogens (tertiary/aromatic N) is 6. The molecule has 0 N–H and O–H groups in total. The first-order valence-corrected chi connectivity index (χ1v) is 15.4. The van der Waals surface area contributed by atoms with Gasteiger partial charge in [0, 0.05) is 48.1 Å². The van der Waals surface area contributed by atoms with Crippen molar-refractivity contribution >= 4 is 34.1 Å². The highest BCUT2D eigenvalue weighted by atomic mass is 35.5. The largest absolute Gasteiger partial charge is 0.462 e. The van der Waals surface area contributed by atoms with Crippen molar-refractivity contribution in [1.29, 1.82) is 5.26 Å². The van der Waals surface area contributed by atoms with Crippen molar-refractivity contribution in [1.82, 2.24) is 19.8 Å². The molecule has 1 amide bonds. The topological polar surface area (TPSA) is 94.8 Å². The highest BCUT2D eigenvalue weighted by Gasteiger charge is 2.34. The van der Waals surface area contributed by atoms with Crippen LogP contribution in [-0.2, 0) is 22.6 Å². The van der Waals surface area contributed by atoms with Crippen LogP contribution in [0.3, 0.4) is 0 Å². The fourth-order valence-corrected chi connectivity index (χ4v) is 6.86. The summed E-state index contributed by atoms with van der Waals surface area (Å²) in [7, 11) is 2.13. The molecule has 3 aliphatic rings. The summed E-state index contributed by atoms with van der Waals surface area (Å²) < 4.78 is 12.8. The number of likely N-dealkylation sites (N-methyl/N-ethyl adjacent to an activating group) is 1. The molecule has 0 bridgehead atoms. The zero-order chi connectivity index (χ0) is 29.9. The van der Waals surface area contributed by atoms with E-state index in [4.69, 9.17) is 31.0 Å². The van der Waals surface area contributed by atoms with E-state index in [1.54, 1.807) is 17.1 Å². The number of anilines is 1. The van der Waals surface area contributed by atoms with E-state index in [1.807, 2.05) is 25.1 Å².